The van der Waals surface area contributed by atoms with Crippen molar-refractivity contribution >= 4 is 33.8 Å². The number of H-pyrrole nitrogens is 1. The van der Waals surface area contributed by atoms with Crippen molar-refractivity contribution in [3.05, 3.63) is 48.3 Å². The smallest absolute Gasteiger partial charge is 0.244 e. The number of hydrogen-bond donors (Lipinski definition) is 2. The Hall–Kier alpha value is -2.66. The van der Waals surface area contributed by atoms with E-state index in [1.807, 2.05) is 31.2 Å². The predicted octanol–water partition coefficient (Wildman–Crippen LogP) is 3.27. The number of rotatable bonds is 7. The van der Waals surface area contributed by atoms with Crippen molar-refractivity contribution in [3.63, 3.8) is 0 Å². The predicted molar refractivity (Wildman–Crippen MR) is 96.8 cm³/mol. The minimum Gasteiger partial charge on any atom is -0.382 e. The topological polar surface area (TPSA) is 67.0 Å². The highest BCUT2D eigenvalue weighted by atomic mass is 16.5. The molecule has 124 valence electrons. The lowest BCUT2D eigenvalue weighted by Gasteiger charge is -2.02. The number of fused-ring (bicyclic) bond motifs is 3. The van der Waals surface area contributed by atoms with Crippen LogP contribution in [0.15, 0.2) is 42.6 Å². The fraction of sp³-hybridized carbons (Fsp3) is 0.263. The number of amides is 1. The van der Waals surface area contributed by atoms with E-state index in [0.29, 0.717) is 19.8 Å². The highest BCUT2D eigenvalue weighted by Gasteiger charge is 2.04. The first-order chi connectivity index (χ1) is 11.8. The van der Waals surface area contributed by atoms with Gasteiger partial charge in [-0.1, -0.05) is 18.2 Å². The lowest BCUT2D eigenvalue weighted by molar-refractivity contribution is -0.116. The van der Waals surface area contributed by atoms with Gasteiger partial charge in [0.15, 0.2) is 0 Å². The zero-order chi connectivity index (χ0) is 16.8. The molecule has 5 nitrogen and oxygen atoms in total. The molecule has 0 spiro atoms. The summed E-state index contributed by atoms with van der Waals surface area (Å²) in [6.45, 7) is 3.94. The third-order valence-corrected chi connectivity index (χ3v) is 3.79. The first-order valence-corrected chi connectivity index (χ1v) is 8.18. The molecule has 0 fully saturated rings. The van der Waals surface area contributed by atoms with Gasteiger partial charge in [0.25, 0.3) is 0 Å². The molecule has 5 heteroatoms. The van der Waals surface area contributed by atoms with E-state index in [-0.39, 0.29) is 5.91 Å². The van der Waals surface area contributed by atoms with Crippen LogP contribution in [-0.4, -0.2) is 35.6 Å². The van der Waals surface area contributed by atoms with Crippen molar-refractivity contribution in [2.75, 3.05) is 19.8 Å². The van der Waals surface area contributed by atoms with Crippen LogP contribution >= 0.6 is 0 Å². The number of para-hydroxylation sites is 1. The summed E-state index contributed by atoms with van der Waals surface area (Å²) in [6.07, 6.45) is 5.87. The van der Waals surface area contributed by atoms with E-state index < -0.39 is 0 Å². The fourth-order valence-corrected chi connectivity index (χ4v) is 2.61. The van der Waals surface area contributed by atoms with Gasteiger partial charge >= 0.3 is 0 Å². The Morgan fingerprint density at radius 1 is 1.29 bits per heavy atom. The van der Waals surface area contributed by atoms with Gasteiger partial charge in [0.05, 0.1) is 17.4 Å². The van der Waals surface area contributed by atoms with Crippen LogP contribution in [0.3, 0.4) is 0 Å². The van der Waals surface area contributed by atoms with Crippen LogP contribution in [0.25, 0.3) is 27.9 Å². The molecule has 2 aromatic heterocycles. The van der Waals surface area contributed by atoms with Gasteiger partial charge in [-0.25, -0.2) is 0 Å². The SMILES string of the molecule is CCOCCCNC(=O)/C=C/c1cc2c(cn1)[nH]c1ccccc12. The van der Waals surface area contributed by atoms with E-state index in [4.69, 9.17) is 4.74 Å². The maximum atomic E-state index is 11.8. The van der Waals surface area contributed by atoms with Crippen molar-refractivity contribution in [3.8, 4) is 0 Å². The third-order valence-electron chi connectivity index (χ3n) is 3.79. The van der Waals surface area contributed by atoms with Gasteiger partial charge in [-0.05, 0) is 31.6 Å². The van der Waals surface area contributed by atoms with Gasteiger partial charge in [-0.2, -0.15) is 0 Å². The number of carbonyl (C=O) groups is 1. The fourth-order valence-electron chi connectivity index (χ4n) is 2.61. The Balaban J connectivity index is 1.66. The van der Waals surface area contributed by atoms with Crippen LogP contribution in [0.2, 0.25) is 0 Å². The van der Waals surface area contributed by atoms with Gasteiger partial charge in [0.2, 0.25) is 5.91 Å². The molecule has 0 radical (unpaired) electrons. The number of benzene rings is 1. The van der Waals surface area contributed by atoms with Crippen LogP contribution < -0.4 is 5.32 Å². The second kappa shape index (κ2) is 7.75. The molecule has 0 unspecified atom stereocenters. The molecule has 0 aliphatic heterocycles. The number of carbonyl (C=O) groups excluding carboxylic acids is 1. The van der Waals surface area contributed by atoms with E-state index in [1.54, 1.807) is 12.3 Å². The lowest BCUT2D eigenvalue weighted by atomic mass is 10.1. The molecule has 0 saturated carbocycles. The average Bonchev–Trinajstić information content (AvgIpc) is 2.98. The highest BCUT2D eigenvalue weighted by molar-refractivity contribution is 6.07. The summed E-state index contributed by atoms with van der Waals surface area (Å²) in [6, 6.07) is 10.1. The third kappa shape index (κ3) is 3.81. The summed E-state index contributed by atoms with van der Waals surface area (Å²) in [5, 5.41) is 5.10. The van der Waals surface area contributed by atoms with Crippen molar-refractivity contribution in [2.45, 2.75) is 13.3 Å². The molecule has 24 heavy (non-hydrogen) atoms. The van der Waals surface area contributed by atoms with Crippen LogP contribution in [0, 0.1) is 0 Å². The Morgan fingerprint density at radius 2 is 2.17 bits per heavy atom. The number of nitrogens with one attached hydrogen (secondary N) is 2. The Labute approximate surface area is 140 Å². The number of aromatic nitrogens is 2. The van der Waals surface area contributed by atoms with E-state index in [9.17, 15) is 4.79 Å². The molecule has 1 aromatic carbocycles. The van der Waals surface area contributed by atoms with Crippen molar-refractivity contribution in [1.29, 1.82) is 0 Å². The van der Waals surface area contributed by atoms with Crippen molar-refractivity contribution in [1.82, 2.24) is 15.3 Å². The largest absolute Gasteiger partial charge is 0.382 e. The van der Waals surface area contributed by atoms with Gasteiger partial charge in [0.1, 0.15) is 0 Å². The normalized spacial score (nSPS) is 11.5. The quantitative estimate of drug-likeness (QED) is 0.518. The number of hydrogen-bond acceptors (Lipinski definition) is 3. The van der Waals surface area contributed by atoms with Gasteiger partial charge in [0, 0.05) is 42.1 Å². The van der Waals surface area contributed by atoms with E-state index in [0.717, 1.165) is 33.9 Å². The van der Waals surface area contributed by atoms with Crippen molar-refractivity contribution in [2.24, 2.45) is 0 Å². The van der Waals surface area contributed by atoms with Crippen LogP contribution in [0.5, 0.6) is 0 Å². The molecule has 0 bridgehead atoms. The maximum absolute atomic E-state index is 11.8. The maximum Gasteiger partial charge on any atom is 0.244 e. The van der Waals surface area contributed by atoms with E-state index in [1.165, 1.54) is 6.08 Å². The van der Waals surface area contributed by atoms with Crippen LogP contribution in [-0.2, 0) is 9.53 Å². The van der Waals surface area contributed by atoms with Crippen molar-refractivity contribution < 1.29 is 9.53 Å². The number of pyridine rings is 1. The standard InChI is InChI=1S/C19H21N3O2/c1-2-24-11-5-10-20-19(23)9-8-14-12-16-15-6-3-4-7-17(15)22-18(16)13-21-14/h3-4,6-9,12-13,22H,2,5,10-11H2,1H3,(H,20,23)/b9-8+. The summed E-state index contributed by atoms with van der Waals surface area (Å²) in [4.78, 5) is 19.5. The van der Waals surface area contributed by atoms with Crippen LogP contribution in [0.1, 0.15) is 19.0 Å². The first-order valence-electron chi connectivity index (χ1n) is 8.18. The Morgan fingerprint density at radius 3 is 3.04 bits per heavy atom. The number of ether oxygens (including phenoxy) is 1. The zero-order valence-electron chi connectivity index (χ0n) is 13.7. The number of aromatic amines is 1. The molecule has 2 N–H and O–H groups in total. The Bertz CT molecular complexity index is 867. The molecule has 1 amide bonds. The van der Waals surface area contributed by atoms with Crippen LogP contribution in [0.4, 0.5) is 0 Å². The minimum absolute atomic E-state index is 0.118. The van der Waals surface area contributed by atoms with Gasteiger partial charge in [-0.3, -0.25) is 9.78 Å². The summed E-state index contributed by atoms with van der Waals surface area (Å²) >= 11 is 0. The monoisotopic (exact) mass is 323 g/mol. The summed E-state index contributed by atoms with van der Waals surface area (Å²) < 4.78 is 5.23. The van der Waals surface area contributed by atoms with E-state index >= 15 is 0 Å². The summed E-state index contributed by atoms with van der Waals surface area (Å²) in [7, 11) is 0. The molecule has 3 aromatic rings. The molecular weight excluding hydrogens is 302 g/mol. The second-order valence-electron chi connectivity index (χ2n) is 5.50. The molecule has 0 saturated heterocycles. The number of nitrogens with zero attached hydrogens (tertiary/aromatic N) is 1. The average molecular weight is 323 g/mol. The van der Waals surface area contributed by atoms with E-state index in [2.05, 4.69) is 21.4 Å². The molecule has 3 rings (SSSR count). The molecule has 0 aliphatic carbocycles. The van der Waals surface area contributed by atoms with Gasteiger partial charge in [-0.15, -0.1) is 0 Å². The summed E-state index contributed by atoms with van der Waals surface area (Å²) in [5.74, 6) is -0.118. The highest BCUT2D eigenvalue weighted by Crippen LogP contribution is 2.25. The molecule has 0 atom stereocenters. The summed E-state index contributed by atoms with van der Waals surface area (Å²) in [5.41, 5.74) is 2.84. The van der Waals surface area contributed by atoms with Gasteiger partial charge < -0.3 is 15.0 Å². The Kier molecular flexibility index (Phi) is 5.23. The molecular formula is C19H21N3O2. The molecule has 2 heterocycles. The second-order valence-corrected chi connectivity index (χ2v) is 5.50. The lowest BCUT2D eigenvalue weighted by Crippen LogP contribution is -2.23. The molecule has 0 aliphatic rings. The first kappa shape index (κ1) is 16.2. The minimum atomic E-state index is -0.118. The zero-order valence-corrected chi connectivity index (χ0v) is 13.7.